The first-order chi connectivity index (χ1) is 12.0. The van der Waals surface area contributed by atoms with Crippen LogP contribution in [0.15, 0.2) is 16.5 Å². The van der Waals surface area contributed by atoms with E-state index >= 15 is 0 Å². The van der Waals surface area contributed by atoms with Crippen molar-refractivity contribution in [2.24, 2.45) is 0 Å². The molecule has 0 spiro atoms. The molecule has 1 aliphatic carbocycles. The van der Waals surface area contributed by atoms with Crippen LogP contribution in [0.1, 0.15) is 56.5 Å². The van der Waals surface area contributed by atoms with Gasteiger partial charge in [-0.05, 0) is 31.9 Å². The van der Waals surface area contributed by atoms with Crippen molar-refractivity contribution in [3.05, 3.63) is 23.7 Å². The van der Waals surface area contributed by atoms with Gasteiger partial charge in [0.1, 0.15) is 11.5 Å². The van der Waals surface area contributed by atoms with E-state index in [0.717, 1.165) is 30.9 Å². The number of likely N-dealkylation sites (tertiary alicyclic amines) is 1. The molecular weight excluding hydrogens is 318 g/mol. The van der Waals surface area contributed by atoms with E-state index in [4.69, 9.17) is 4.42 Å². The molecule has 2 amide bonds. The van der Waals surface area contributed by atoms with E-state index < -0.39 is 0 Å². The van der Waals surface area contributed by atoms with Gasteiger partial charge in [0, 0.05) is 26.1 Å². The van der Waals surface area contributed by atoms with Gasteiger partial charge in [0.2, 0.25) is 11.8 Å². The van der Waals surface area contributed by atoms with E-state index in [2.05, 4.69) is 15.5 Å². The predicted octanol–water partition coefficient (Wildman–Crippen LogP) is 1.94. The molecule has 2 aliphatic rings. The monoisotopic (exact) mass is 347 g/mol. The van der Waals surface area contributed by atoms with Crippen molar-refractivity contribution in [2.45, 2.75) is 64.0 Å². The van der Waals surface area contributed by atoms with Crippen molar-refractivity contribution < 1.29 is 14.0 Å². The summed E-state index contributed by atoms with van der Waals surface area (Å²) in [6.07, 6.45) is 5.88. The molecule has 3 rings (SSSR count). The molecule has 25 heavy (non-hydrogen) atoms. The number of hydrogen-bond acceptors (Lipinski definition) is 4. The minimum absolute atomic E-state index is 0.0227. The van der Waals surface area contributed by atoms with Crippen LogP contribution in [0.2, 0.25) is 0 Å². The molecule has 2 fully saturated rings. The van der Waals surface area contributed by atoms with Crippen molar-refractivity contribution in [1.82, 2.24) is 15.5 Å². The second-order valence-corrected chi connectivity index (χ2v) is 7.46. The standard InChI is InChI=1S/C19H29N3O3/c1-13-8-9-18(25-13)16-10-22(11-17(16)20-14(2)23)12-19(24)21-15-6-4-3-5-7-15/h8-9,15-17H,3-7,10-12H2,1-2H3,(H,20,23)(H,21,24)/t16-,17-/m1/s1. The molecule has 1 aliphatic heterocycles. The molecular formula is C19H29N3O3. The molecule has 1 saturated carbocycles. The number of rotatable bonds is 5. The van der Waals surface area contributed by atoms with Crippen LogP contribution in [0.3, 0.4) is 0 Å². The van der Waals surface area contributed by atoms with E-state index in [1.165, 1.54) is 26.2 Å². The Hall–Kier alpha value is -1.82. The number of nitrogens with one attached hydrogen (secondary N) is 2. The average Bonchev–Trinajstić information content (AvgIpc) is 3.14. The molecule has 6 nitrogen and oxygen atoms in total. The fraction of sp³-hybridized carbons (Fsp3) is 0.684. The largest absolute Gasteiger partial charge is 0.466 e. The van der Waals surface area contributed by atoms with E-state index in [0.29, 0.717) is 19.1 Å². The highest BCUT2D eigenvalue weighted by molar-refractivity contribution is 5.78. The summed E-state index contributed by atoms with van der Waals surface area (Å²) >= 11 is 0. The van der Waals surface area contributed by atoms with Crippen LogP contribution in [0.25, 0.3) is 0 Å². The fourth-order valence-electron chi connectivity index (χ4n) is 4.09. The third-order valence-electron chi connectivity index (χ3n) is 5.25. The quantitative estimate of drug-likeness (QED) is 0.854. The second kappa shape index (κ2) is 8.04. The Morgan fingerprint density at radius 1 is 1.16 bits per heavy atom. The molecule has 1 saturated heterocycles. The van der Waals surface area contributed by atoms with Crippen LogP contribution < -0.4 is 10.6 Å². The van der Waals surface area contributed by atoms with Crippen LogP contribution in [-0.2, 0) is 9.59 Å². The Kier molecular flexibility index (Phi) is 5.78. The Morgan fingerprint density at radius 3 is 2.56 bits per heavy atom. The summed E-state index contributed by atoms with van der Waals surface area (Å²) in [7, 11) is 0. The second-order valence-electron chi connectivity index (χ2n) is 7.46. The number of hydrogen-bond donors (Lipinski definition) is 2. The van der Waals surface area contributed by atoms with Gasteiger partial charge in [0.15, 0.2) is 0 Å². The van der Waals surface area contributed by atoms with Crippen molar-refractivity contribution in [3.8, 4) is 0 Å². The van der Waals surface area contributed by atoms with Gasteiger partial charge < -0.3 is 15.1 Å². The fourth-order valence-corrected chi connectivity index (χ4v) is 4.09. The molecule has 0 bridgehead atoms. The molecule has 6 heteroatoms. The summed E-state index contributed by atoms with van der Waals surface area (Å²) in [4.78, 5) is 26.0. The zero-order valence-corrected chi connectivity index (χ0v) is 15.2. The number of carbonyl (C=O) groups is 2. The molecule has 1 aromatic rings. The van der Waals surface area contributed by atoms with Crippen LogP contribution in [0.5, 0.6) is 0 Å². The van der Waals surface area contributed by atoms with Crippen molar-refractivity contribution >= 4 is 11.8 Å². The summed E-state index contributed by atoms with van der Waals surface area (Å²) < 4.78 is 5.78. The van der Waals surface area contributed by atoms with Crippen molar-refractivity contribution in [2.75, 3.05) is 19.6 Å². The Labute approximate surface area is 149 Å². The molecule has 2 heterocycles. The van der Waals surface area contributed by atoms with Crippen molar-refractivity contribution in [3.63, 3.8) is 0 Å². The van der Waals surface area contributed by atoms with Gasteiger partial charge in [-0.15, -0.1) is 0 Å². The summed E-state index contributed by atoms with van der Waals surface area (Å²) in [6, 6.07) is 4.22. The Bertz CT molecular complexity index is 607. The minimum atomic E-state index is -0.0493. The summed E-state index contributed by atoms with van der Waals surface area (Å²) in [6.45, 7) is 5.21. The first-order valence-corrected chi connectivity index (χ1v) is 9.36. The lowest BCUT2D eigenvalue weighted by molar-refractivity contribution is -0.123. The average molecular weight is 347 g/mol. The SMILES string of the molecule is CC(=O)N[C@@H]1CN(CC(=O)NC2CCCCC2)C[C@H]1c1ccc(C)o1. The zero-order chi connectivity index (χ0) is 17.8. The van der Waals surface area contributed by atoms with Crippen LogP contribution in [-0.4, -0.2) is 48.4 Å². The van der Waals surface area contributed by atoms with Gasteiger partial charge in [-0.1, -0.05) is 19.3 Å². The van der Waals surface area contributed by atoms with Crippen LogP contribution in [0.4, 0.5) is 0 Å². The molecule has 2 atom stereocenters. The lowest BCUT2D eigenvalue weighted by atomic mass is 9.95. The molecule has 1 aromatic heterocycles. The lowest BCUT2D eigenvalue weighted by Crippen LogP contribution is -2.43. The van der Waals surface area contributed by atoms with Gasteiger partial charge in [0.25, 0.3) is 0 Å². The third-order valence-corrected chi connectivity index (χ3v) is 5.25. The van der Waals surface area contributed by atoms with Gasteiger partial charge in [0.05, 0.1) is 18.5 Å². The van der Waals surface area contributed by atoms with E-state index in [9.17, 15) is 9.59 Å². The number of amides is 2. The van der Waals surface area contributed by atoms with Gasteiger partial charge in [-0.25, -0.2) is 0 Å². The van der Waals surface area contributed by atoms with E-state index in [1.54, 1.807) is 0 Å². The maximum atomic E-state index is 12.4. The molecule has 138 valence electrons. The van der Waals surface area contributed by atoms with Gasteiger partial charge >= 0.3 is 0 Å². The summed E-state index contributed by atoms with van der Waals surface area (Å²) in [5, 5.41) is 6.18. The maximum absolute atomic E-state index is 12.4. The number of furan rings is 1. The molecule has 0 aromatic carbocycles. The topological polar surface area (TPSA) is 74.6 Å². The smallest absolute Gasteiger partial charge is 0.234 e. The van der Waals surface area contributed by atoms with E-state index in [-0.39, 0.29) is 23.8 Å². The highest BCUT2D eigenvalue weighted by Crippen LogP contribution is 2.29. The number of aryl methyl sites for hydroxylation is 1. The van der Waals surface area contributed by atoms with Crippen LogP contribution >= 0.6 is 0 Å². The zero-order valence-electron chi connectivity index (χ0n) is 15.2. The highest BCUT2D eigenvalue weighted by Gasteiger charge is 2.37. The minimum Gasteiger partial charge on any atom is -0.466 e. The Balaban J connectivity index is 1.58. The number of nitrogens with zero attached hydrogens (tertiary/aromatic N) is 1. The first-order valence-electron chi connectivity index (χ1n) is 9.36. The normalized spacial score (nSPS) is 25.0. The predicted molar refractivity (Wildman–Crippen MR) is 95.2 cm³/mol. The van der Waals surface area contributed by atoms with Gasteiger partial charge in [-0.2, -0.15) is 0 Å². The highest BCUT2D eigenvalue weighted by atomic mass is 16.3. The molecule has 0 unspecified atom stereocenters. The molecule has 2 N–H and O–H groups in total. The van der Waals surface area contributed by atoms with E-state index in [1.807, 2.05) is 19.1 Å². The summed E-state index contributed by atoms with van der Waals surface area (Å²) in [5.74, 6) is 1.87. The summed E-state index contributed by atoms with van der Waals surface area (Å²) in [5.41, 5.74) is 0. The van der Waals surface area contributed by atoms with Crippen LogP contribution in [0, 0.1) is 6.92 Å². The first kappa shape index (κ1) is 18.0. The maximum Gasteiger partial charge on any atom is 0.234 e. The van der Waals surface area contributed by atoms with Gasteiger partial charge in [-0.3, -0.25) is 14.5 Å². The van der Waals surface area contributed by atoms with Crippen molar-refractivity contribution in [1.29, 1.82) is 0 Å². The Morgan fingerprint density at radius 2 is 1.92 bits per heavy atom. The molecule has 0 radical (unpaired) electrons. The number of carbonyl (C=O) groups excluding carboxylic acids is 2. The lowest BCUT2D eigenvalue weighted by Gasteiger charge is -2.24. The third kappa shape index (κ3) is 4.84.